The minimum absolute atomic E-state index is 0.0545. The number of carbonyl (C=O) groups is 2. The number of hydrogen-bond acceptors (Lipinski definition) is 8. The maximum atomic E-state index is 12.5. The third-order valence-electron chi connectivity index (χ3n) is 6.04. The molecule has 0 rings (SSSR count). The van der Waals surface area contributed by atoms with Gasteiger partial charge in [0.1, 0.15) is 19.8 Å². The van der Waals surface area contributed by atoms with Crippen molar-refractivity contribution in [2.45, 2.75) is 84.2 Å². The van der Waals surface area contributed by atoms with Gasteiger partial charge in [0.2, 0.25) is 0 Å². The lowest BCUT2D eigenvalue weighted by Gasteiger charge is -2.28. The molecule has 0 aromatic heterocycles. The Bertz CT molecular complexity index is 1070. The largest absolute Gasteiger partial charge is 0.756 e. The Morgan fingerprint density at radius 3 is 1.93 bits per heavy atom. The van der Waals surface area contributed by atoms with Crippen molar-refractivity contribution < 1.29 is 42.1 Å². The van der Waals surface area contributed by atoms with Crippen molar-refractivity contribution >= 4 is 19.8 Å². The van der Waals surface area contributed by atoms with E-state index < -0.39 is 32.5 Å². The molecule has 0 fully saturated rings. The Hall–Kier alpha value is -2.81. The number of unbranched alkanes of at least 4 members (excludes halogenated alkanes) is 3. The Balaban J connectivity index is 4.74. The van der Waals surface area contributed by atoms with Crippen molar-refractivity contribution in [1.82, 2.24) is 0 Å². The van der Waals surface area contributed by atoms with Crippen LogP contribution in [-0.4, -0.2) is 70.0 Å². The molecular formula is C36H58NO8P. The predicted molar refractivity (Wildman–Crippen MR) is 185 cm³/mol. The molecule has 0 saturated heterocycles. The highest BCUT2D eigenvalue weighted by atomic mass is 31.2. The van der Waals surface area contributed by atoms with E-state index in [-0.39, 0.29) is 26.1 Å². The van der Waals surface area contributed by atoms with Crippen molar-refractivity contribution in [3.63, 3.8) is 0 Å². The maximum absolute atomic E-state index is 12.5. The van der Waals surface area contributed by atoms with Gasteiger partial charge in [-0.15, -0.1) is 0 Å². The van der Waals surface area contributed by atoms with E-state index in [0.717, 1.165) is 32.1 Å². The Kier molecular flexibility index (Phi) is 26.7. The Morgan fingerprint density at radius 2 is 1.28 bits per heavy atom. The SMILES string of the molecule is CC/C=C/C=C/C=C/C=C/C=C/CCCC(=O)OC(COC(=O)CCCC/C=C/C/C=C/CC)COP(=O)([O-])OCC[N+](C)(C)C. The summed E-state index contributed by atoms with van der Waals surface area (Å²) in [6.07, 6.45) is 33.7. The van der Waals surface area contributed by atoms with E-state index in [0.29, 0.717) is 30.3 Å². The van der Waals surface area contributed by atoms with Crippen LogP contribution in [0.5, 0.6) is 0 Å². The van der Waals surface area contributed by atoms with E-state index in [1.807, 2.05) is 75.8 Å². The number of ether oxygens (including phenoxy) is 2. The van der Waals surface area contributed by atoms with Crippen LogP contribution in [0.15, 0.2) is 85.1 Å². The highest BCUT2D eigenvalue weighted by molar-refractivity contribution is 7.45. The second kappa shape index (κ2) is 28.4. The number of carbonyl (C=O) groups excluding carboxylic acids is 2. The number of phosphoric ester groups is 1. The number of esters is 2. The maximum Gasteiger partial charge on any atom is 0.306 e. The molecule has 0 aromatic carbocycles. The van der Waals surface area contributed by atoms with Gasteiger partial charge in [0.05, 0.1) is 27.7 Å². The average Bonchev–Trinajstić information content (AvgIpc) is 2.99. The number of quaternary nitrogens is 1. The van der Waals surface area contributed by atoms with Crippen molar-refractivity contribution in [1.29, 1.82) is 0 Å². The first-order valence-electron chi connectivity index (χ1n) is 16.4. The van der Waals surface area contributed by atoms with Gasteiger partial charge < -0.3 is 27.9 Å². The lowest BCUT2D eigenvalue weighted by Crippen LogP contribution is -2.37. The van der Waals surface area contributed by atoms with E-state index in [9.17, 15) is 19.0 Å². The molecule has 0 saturated carbocycles. The average molecular weight is 664 g/mol. The molecule has 0 amide bonds. The normalized spacial score (nSPS) is 15.0. The van der Waals surface area contributed by atoms with Crippen molar-refractivity contribution in [3.05, 3.63) is 85.1 Å². The zero-order chi connectivity index (χ0) is 34.4. The van der Waals surface area contributed by atoms with Crippen molar-refractivity contribution in [2.75, 3.05) is 47.5 Å². The minimum atomic E-state index is -4.64. The molecule has 0 spiro atoms. The van der Waals surface area contributed by atoms with Crippen LogP contribution < -0.4 is 4.89 Å². The second-order valence-corrected chi connectivity index (χ2v) is 12.9. The highest BCUT2D eigenvalue weighted by Crippen LogP contribution is 2.38. The number of allylic oxidation sites excluding steroid dienone is 14. The number of rotatable bonds is 27. The fourth-order valence-corrected chi connectivity index (χ4v) is 4.21. The molecule has 0 N–H and O–H groups in total. The lowest BCUT2D eigenvalue weighted by molar-refractivity contribution is -0.870. The van der Waals surface area contributed by atoms with E-state index in [2.05, 4.69) is 44.2 Å². The molecule has 2 unspecified atom stereocenters. The van der Waals surface area contributed by atoms with E-state index in [1.165, 1.54) is 0 Å². The zero-order valence-corrected chi connectivity index (χ0v) is 29.6. The van der Waals surface area contributed by atoms with Gasteiger partial charge in [-0.25, -0.2) is 0 Å². The summed E-state index contributed by atoms with van der Waals surface area (Å²) < 4.78 is 33.4. The molecule has 0 radical (unpaired) electrons. The minimum Gasteiger partial charge on any atom is -0.756 e. The number of hydrogen-bond donors (Lipinski definition) is 0. The van der Waals surface area contributed by atoms with Gasteiger partial charge in [-0.2, -0.15) is 0 Å². The standard InChI is InChI=1S/C36H58NO8P/c1-6-8-10-12-14-16-17-18-19-21-23-25-27-29-36(39)45-34(33-44-46(40,41)43-31-30-37(3,4)5)32-42-35(38)28-26-24-22-20-15-13-11-9-7-2/h8-12,14-21,23,34H,6-7,13,22,24-33H2,1-5H3/b10-8+,11-9+,14-12+,17-16+,19-18+,20-15+,23-21+. The number of likely N-dealkylation sites (N-methyl/N-ethyl adjacent to an activating group) is 1. The molecule has 260 valence electrons. The fourth-order valence-electron chi connectivity index (χ4n) is 3.48. The smallest absolute Gasteiger partial charge is 0.306 e. The first-order valence-corrected chi connectivity index (χ1v) is 17.8. The van der Waals surface area contributed by atoms with Crippen LogP contribution in [0, 0.1) is 0 Å². The summed E-state index contributed by atoms with van der Waals surface area (Å²) in [5.41, 5.74) is 0. The molecular weight excluding hydrogens is 605 g/mol. The van der Waals surface area contributed by atoms with Crippen LogP contribution >= 0.6 is 7.82 Å². The molecule has 0 aromatic rings. The fraction of sp³-hybridized carbons (Fsp3) is 0.556. The summed E-state index contributed by atoms with van der Waals surface area (Å²) >= 11 is 0. The van der Waals surface area contributed by atoms with E-state index in [4.69, 9.17) is 18.5 Å². The van der Waals surface area contributed by atoms with Gasteiger partial charge in [-0.05, 0) is 51.4 Å². The highest BCUT2D eigenvalue weighted by Gasteiger charge is 2.21. The van der Waals surface area contributed by atoms with Crippen LogP contribution in [0.4, 0.5) is 0 Å². The monoisotopic (exact) mass is 663 g/mol. The lowest BCUT2D eigenvalue weighted by atomic mass is 10.2. The predicted octanol–water partition coefficient (Wildman–Crippen LogP) is 7.48. The van der Waals surface area contributed by atoms with Crippen LogP contribution in [0.2, 0.25) is 0 Å². The third-order valence-corrected chi connectivity index (χ3v) is 7.00. The van der Waals surface area contributed by atoms with Gasteiger partial charge in [0, 0.05) is 12.8 Å². The Morgan fingerprint density at radius 1 is 0.696 bits per heavy atom. The summed E-state index contributed by atoms with van der Waals surface area (Å²) in [6.45, 7) is 3.76. The third kappa shape index (κ3) is 31.2. The summed E-state index contributed by atoms with van der Waals surface area (Å²) in [6, 6.07) is 0. The molecule has 0 bridgehead atoms. The van der Waals surface area contributed by atoms with Gasteiger partial charge in [-0.1, -0.05) is 98.9 Å². The van der Waals surface area contributed by atoms with Crippen molar-refractivity contribution in [2.24, 2.45) is 0 Å². The zero-order valence-electron chi connectivity index (χ0n) is 28.7. The van der Waals surface area contributed by atoms with E-state index in [1.54, 1.807) is 0 Å². The summed E-state index contributed by atoms with van der Waals surface area (Å²) in [7, 11) is 1.08. The first kappa shape index (κ1) is 43.2. The molecule has 2 atom stereocenters. The summed E-state index contributed by atoms with van der Waals surface area (Å²) in [5.74, 6) is -0.981. The van der Waals surface area contributed by atoms with Crippen LogP contribution in [0.3, 0.4) is 0 Å². The Labute approximate surface area is 278 Å². The van der Waals surface area contributed by atoms with Crippen molar-refractivity contribution in [3.8, 4) is 0 Å². The molecule has 0 aliphatic carbocycles. The van der Waals surface area contributed by atoms with Crippen LogP contribution in [0.1, 0.15) is 78.1 Å². The summed E-state index contributed by atoms with van der Waals surface area (Å²) in [5, 5.41) is 0. The number of phosphoric acid groups is 1. The van der Waals surface area contributed by atoms with E-state index >= 15 is 0 Å². The van der Waals surface area contributed by atoms with Gasteiger partial charge in [-0.3, -0.25) is 14.2 Å². The molecule has 0 heterocycles. The molecule has 46 heavy (non-hydrogen) atoms. The second-order valence-electron chi connectivity index (χ2n) is 11.5. The first-order chi connectivity index (χ1) is 22.0. The molecule has 9 nitrogen and oxygen atoms in total. The van der Waals surface area contributed by atoms with Gasteiger partial charge in [0.25, 0.3) is 7.82 Å². The quantitative estimate of drug-likeness (QED) is 0.0222. The molecule has 0 aliphatic heterocycles. The molecule has 10 heteroatoms. The van der Waals surface area contributed by atoms with Crippen LogP contribution in [0.25, 0.3) is 0 Å². The summed E-state index contributed by atoms with van der Waals surface area (Å²) in [4.78, 5) is 37.0. The van der Waals surface area contributed by atoms with Gasteiger partial charge in [0.15, 0.2) is 6.10 Å². The van der Waals surface area contributed by atoms with Crippen LogP contribution in [-0.2, 0) is 32.7 Å². The number of nitrogens with zero attached hydrogens (tertiary/aromatic N) is 1. The molecule has 0 aliphatic rings. The topological polar surface area (TPSA) is 111 Å². The van der Waals surface area contributed by atoms with Gasteiger partial charge >= 0.3 is 11.9 Å².